The summed E-state index contributed by atoms with van der Waals surface area (Å²) in [6.07, 6.45) is 0. The Morgan fingerprint density at radius 1 is 1.04 bits per heavy atom. The molecule has 3 heterocycles. The number of thiophene rings is 1. The average Bonchev–Trinajstić information content (AvgIpc) is 3.29. The van der Waals surface area contributed by atoms with Crippen LogP contribution in [-0.2, 0) is 6.54 Å². The summed E-state index contributed by atoms with van der Waals surface area (Å²) in [5.41, 5.74) is 2.72. The van der Waals surface area contributed by atoms with Gasteiger partial charge >= 0.3 is 0 Å². The molecule has 2 aromatic heterocycles. The minimum absolute atomic E-state index is 0.295. The van der Waals surface area contributed by atoms with Crippen molar-refractivity contribution in [1.29, 1.82) is 0 Å². The SMILES string of the molecule is Fc1ccc2c(CN3CCN(c4cccc5sccc45)CC3)noc2c1. The van der Waals surface area contributed by atoms with E-state index in [1.54, 1.807) is 17.4 Å². The monoisotopic (exact) mass is 367 g/mol. The molecular weight excluding hydrogens is 349 g/mol. The minimum Gasteiger partial charge on any atom is -0.368 e. The predicted molar refractivity (Wildman–Crippen MR) is 103 cm³/mol. The summed E-state index contributed by atoms with van der Waals surface area (Å²) in [6, 6.07) is 13.4. The summed E-state index contributed by atoms with van der Waals surface area (Å²) in [5, 5.41) is 8.54. The largest absolute Gasteiger partial charge is 0.368 e. The molecule has 1 saturated heterocycles. The van der Waals surface area contributed by atoms with Crippen molar-refractivity contribution < 1.29 is 8.91 Å². The van der Waals surface area contributed by atoms with E-state index in [9.17, 15) is 4.39 Å². The molecule has 0 bridgehead atoms. The van der Waals surface area contributed by atoms with Crippen LogP contribution in [0.3, 0.4) is 0 Å². The van der Waals surface area contributed by atoms with Gasteiger partial charge in [-0.05, 0) is 35.7 Å². The molecule has 0 spiro atoms. The molecule has 4 nitrogen and oxygen atoms in total. The highest BCUT2D eigenvalue weighted by atomic mass is 32.1. The average molecular weight is 367 g/mol. The van der Waals surface area contributed by atoms with Crippen LogP contribution in [0.4, 0.5) is 10.1 Å². The molecule has 5 rings (SSSR count). The van der Waals surface area contributed by atoms with Gasteiger partial charge in [-0.1, -0.05) is 11.2 Å². The molecule has 0 aliphatic carbocycles. The van der Waals surface area contributed by atoms with Crippen molar-refractivity contribution in [1.82, 2.24) is 10.1 Å². The van der Waals surface area contributed by atoms with Crippen LogP contribution in [0.2, 0.25) is 0 Å². The Bertz CT molecular complexity index is 1070. The summed E-state index contributed by atoms with van der Waals surface area (Å²) in [7, 11) is 0. The first-order chi connectivity index (χ1) is 12.8. The number of nitrogens with zero attached hydrogens (tertiary/aromatic N) is 3. The molecule has 2 aromatic carbocycles. The number of hydrogen-bond donors (Lipinski definition) is 0. The Balaban J connectivity index is 1.30. The van der Waals surface area contributed by atoms with E-state index in [0.717, 1.165) is 43.8 Å². The van der Waals surface area contributed by atoms with Gasteiger partial charge in [0.1, 0.15) is 11.5 Å². The third-order valence-corrected chi connectivity index (χ3v) is 5.95. The standard InChI is InChI=1S/C20H18FN3OS/c21-14-4-5-15-17(22-25-19(15)12-14)13-23-7-9-24(10-8-23)18-2-1-3-20-16(18)6-11-26-20/h1-6,11-12H,7-10,13H2. The first-order valence-electron chi connectivity index (χ1n) is 8.75. The Hall–Kier alpha value is -2.44. The number of aromatic nitrogens is 1. The van der Waals surface area contributed by atoms with Gasteiger partial charge < -0.3 is 9.42 Å². The molecule has 1 aliphatic rings. The molecule has 0 saturated carbocycles. The molecule has 0 atom stereocenters. The second-order valence-corrected chi connectivity index (χ2v) is 7.59. The first-order valence-corrected chi connectivity index (χ1v) is 9.63. The van der Waals surface area contributed by atoms with Crippen molar-refractivity contribution in [3.8, 4) is 0 Å². The van der Waals surface area contributed by atoms with Crippen LogP contribution in [0.25, 0.3) is 21.1 Å². The quantitative estimate of drug-likeness (QED) is 0.534. The van der Waals surface area contributed by atoms with Gasteiger partial charge in [0, 0.05) is 59.9 Å². The van der Waals surface area contributed by atoms with Gasteiger partial charge in [0.15, 0.2) is 5.58 Å². The van der Waals surface area contributed by atoms with Crippen LogP contribution in [-0.4, -0.2) is 36.2 Å². The molecule has 0 N–H and O–H groups in total. The topological polar surface area (TPSA) is 32.5 Å². The molecule has 0 unspecified atom stereocenters. The van der Waals surface area contributed by atoms with Crippen molar-refractivity contribution in [2.24, 2.45) is 0 Å². The van der Waals surface area contributed by atoms with Crippen molar-refractivity contribution in [2.45, 2.75) is 6.54 Å². The van der Waals surface area contributed by atoms with Crippen molar-refractivity contribution >= 4 is 38.1 Å². The first kappa shape index (κ1) is 15.8. The summed E-state index contributed by atoms with van der Waals surface area (Å²) in [5.74, 6) is -0.295. The fraction of sp³-hybridized carbons (Fsp3) is 0.250. The normalized spacial score (nSPS) is 16.0. The van der Waals surface area contributed by atoms with Crippen molar-refractivity contribution in [3.05, 3.63) is 59.4 Å². The fourth-order valence-electron chi connectivity index (χ4n) is 3.69. The lowest BCUT2D eigenvalue weighted by Crippen LogP contribution is -2.46. The third-order valence-electron chi connectivity index (χ3n) is 5.07. The number of piperazine rings is 1. The highest BCUT2D eigenvalue weighted by Gasteiger charge is 2.21. The second-order valence-electron chi connectivity index (χ2n) is 6.64. The van der Waals surface area contributed by atoms with Crippen LogP contribution in [0.15, 0.2) is 52.4 Å². The van der Waals surface area contributed by atoms with E-state index < -0.39 is 0 Å². The molecule has 26 heavy (non-hydrogen) atoms. The number of fused-ring (bicyclic) bond motifs is 2. The Labute approximate surface area is 154 Å². The van der Waals surface area contributed by atoms with Crippen LogP contribution < -0.4 is 4.90 Å². The van der Waals surface area contributed by atoms with Crippen LogP contribution in [0, 0.1) is 5.82 Å². The van der Waals surface area contributed by atoms with E-state index in [1.165, 1.54) is 27.9 Å². The van der Waals surface area contributed by atoms with E-state index in [0.29, 0.717) is 5.58 Å². The van der Waals surface area contributed by atoms with Gasteiger partial charge in [-0.25, -0.2) is 4.39 Å². The zero-order valence-corrected chi connectivity index (χ0v) is 15.0. The maximum Gasteiger partial charge on any atom is 0.170 e. The lowest BCUT2D eigenvalue weighted by molar-refractivity contribution is 0.243. The van der Waals surface area contributed by atoms with E-state index >= 15 is 0 Å². The number of benzene rings is 2. The lowest BCUT2D eigenvalue weighted by Gasteiger charge is -2.36. The molecule has 6 heteroatoms. The summed E-state index contributed by atoms with van der Waals surface area (Å²) in [4.78, 5) is 4.84. The molecule has 0 amide bonds. The molecular formula is C20H18FN3OS. The number of rotatable bonds is 3. The maximum atomic E-state index is 13.3. The lowest BCUT2D eigenvalue weighted by atomic mass is 10.1. The molecule has 132 valence electrons. The Kier molecular flexibility index (Phi) is 3.87. The summed E-state index contributed by atoms with van der Waals surface area (Å²) < 4.78 is 19.9. The van der Waals surface area contributed by atoms with Gasteiger partial charge in [-0.15, -0.1) is 11.3 Å². The fourth-order valence-corrected chi connectivity index (χ4v) is 4.50. The zero-order chi connectivity index (χ0) is 17.5. The van der Waals surface area contributed by atoms with Gasteiger partial charge in [0.05, 0.1) is 0 Å². The minimum atomic E-state index is -0.295. The van der Waals surface area contributed by atoms with E-state index in [-0.39, 0.29) is 5.82 Å². The zero-order valence-electron chi connectivity index (χ0n) is 14.2. The second kappa shape index (κ2) is 6.37. The predicted octanol–water partition coefficient (Wildman–Crippen LogP) is 4.50. The summed E-state index contributed by atoms with van der Waals surface area (Å²) >= 11 is 1.79. The van der Waals surface area contributed by atoms with Crippen LogP contribution in [0.1, 0.15) is 5.69 Å². The van der Waals surface area contributed by atoms with Gasteiger partial charge in [0.25, 0.3) is 0 Å². The third kappa shape index (κ3) is 2.75. The molecule has 1 fully saturated rings. The molecule has 4 aromatic rings. The van der Waals surface area contributed by atoms with Gasteiger partial charge in [-0.3, -0.25) is 4.90 Å². The number of hydrogen-bond acceptors (Lipinski definition) is 5. The molecule has 0 radical (unpaired) electrons. The summed E-state index contributed by atoms with van der Waals surface area (Å²) in [6.45, 7) is 4.64. The highest BCUT2D eigenvalue weighted by Crippen LogP contribution is 2.31. The van der Waals surface area contributed by atoms with Crippen molar-refractivity contribution in [2.75, 3.05) is 31.1 Å². The van der Waals surface area contributed by atoms with Crippen molar-refractivity contribution in [3.63, 3.8) is 0 Å². The number of halogens is 1. The van der Waals surface area contributed by atoms with E-state index in [2.05, 4.69) is 44.6 Å². The van der Waals surface area contributed by atoms with E-state index in [4.69, 9.17) is 4.52 Å². The molecule has 1 aliphatic heterocycles. The van der Waals surface area contributed by atoms with Crippen LogP contribution >= 0.6 is 11.3 Å². The van der Waals surface area contributed by atoms with Gasteiger partial charge in [0.2, 0.25) is 0 Å². The Morgan fingerprint density at radius 2 is 1.92 bits per heavy atom. The Morgan fingerprint density at radius 3 is 2.81 bits per heavy atom. The number of anilines is 1. The maximum absolute atomic E-state index is 13.3. The van der Waals surface area contributed by atoms with E-state index in [1.807, 2.05) is 0 Å². The van der Waals surface area contributed by atoms with Crippen LogP contribution in [0.5, 0.6) is 0 Å². The smallest absolute Gasteiger partial charge is 0.170 e. The highest BCUT2D eigenvalue weighted by molar-refractivity contribution is 7.17. The van der Waals surface area contributed by atoms with Gasteiger partial charge in [-0.2, -0.15) is 0 Å².